The SMILES string of the molecule is CC(C)[C@H](NC(=O)[C@@H](N)Cc1ccccc1)C(=O)OC[C@H]1O[C@@H](N2C=C(N)SC2)[C@H](O)[C@@H]1O. The molecule has 7 N–H and O–H groups in total. The normalized spacial score (nSPS) is 26.7. The van der Waals surface area contributed by atoms with Crippen LogP contribution in [0.2, 0.25) is 0 Å². The summed E-state index contributed by atoms with van der Waals surface area (Å²) in [5.74, 6) is -0.900. The van der Waals surface area contributed by atoms with E-state index in [2.05, 4.69) is 5.32 Å². The van der Waals surface area contributed by atoms with Crippen LogP contribution < -0.4 is 16.8 Å². The molecule has 2 aliphatic rings. The molecule has 10 nitrogen and oxygen atoms in total. The van der Waals surface area contributed by atoms with Gasteiger partial charge in [0.15, 0.2) is 6.23 Å². The summed E-state index contributed by atoms with van der Waals surface area (Å²) in [6, 6.07) is 7.61. The van der Waals surface area contributed by atoms with E-state index >= 15 is 0 Å². The molecule has 2 aliphatic heterocycles. The summed E-state index contributed by atoms with van der Waals surface area (Å²) in [5.41, 5.74) is 12.7. The predicted octanol–water partition coefficient (Wildman–Crippen LogP) is -0.549. The maximum Gasteiger partial charge on any atom is 0.328 e. The van der Waals surface area contributed by atoms with Gasteiger partial charge >= 0.3 is 5.97 Å². The molecule has 1 amide bonds. The van der Waals surface area contributed by atoms with Gasteiger partial charge in [-0.3, -0.25) is 4.79 Å². The van der Waals surface area contributed by atoms with Gasteiger partial charge in [0.2, 0.25) is 5.91 Å². The van der Waals surface area contributed by atoms with Crippen molar-refractivity contribution in [3.05, 3.63) is 47.1 Å². The number of rotatable bonds is 9. The summed E-state index contributed by atoms with van der Waals surface area (Å²) in [6.07, 6.45) is -2.17. The first-order chi connectivity index (χ1) is 15.7. The molecule has 1 aromatic rings. The highest BCUT2D eigenvalue weighted by Crippen LogP contribution is 2.30. The lowest BCUT2D eigenvalue weighted by Gasteiger charge is -2.25. The number of thioether (sulfide) groups is 1. The van der Waals surface area contributed by atoms with Crippen LogP contribution in [0.1, 0.15) is 19.4 Å². The van der Waals surface area contributed by atoms with Crippen LogP contribution >= 0.6 is 11.8 Å². The lowest BCUT2D eigenvalue weighted by Crippen LogP contribution is -2.52. The third kappa shape index (κ3) is 6.39. The number of aliphatic hydroxyl groups excluding tert-OH is 2. The van der Waals surface area contributed by atoms with E-state index in [1.807, 2.05) is 30.3 Å². The maximum absolute atomic E-state index is 12.7. The summed E-state index contributed by atoms with van der Waals surface area (Å²) in [6.45, 7) is 3.28. The first-order valence-electron chi connectivity index (χ1n) is 10.8. The van der Waals surface area contributed by atoms with Crippen LogP contribution in [-0.2, 0) is 25.5 Å². The van der Waals surface area contributed by atoms with E-state index in [9.17, 15) is 19.8 Å². The molecule has 11 heteroatoms. The number of hydrogen-bond donors (Lipinski definition) is 5. The molecule has 0 saturated carbocycles. The molecule has 0 aliphatic carbocycles. The van der Waals surface area contributed by atoms with Crippen molar-refractivity contribution in [2.75, 3.05) is 12.5 Å². The molecule has 6 atom stereocenters. The van der Waals surface area contributed by atoms with E-state index < -0.39 is 48.5 Å². The minimum absolute atomic E-state index is 0.257. The van der Waals surface area contributed by atoms with Crippen molar-refractivity contribution < 1.29 is 29.3 Å². The van der Waals surface area contributed by atoms with Crippen LogP contribution in [0.25, 0.3) is 0 Å². The molecule has 0 unspecified atom stereocenters. The summed E-state index contributed by atoms with van der Waals surface area (Å²) < 4.78 is 11.1. The lowest BCUT2D eigenvalue weighted by atomic mass is 10.0. The van der Waals surface area contributed by atoms with Gasteiger partial charge in [0, 0.05) is 6.20 Å². The van der Waals surface area contributed by atoms with Crippen LogP contribution in [-0.4, -0.2) is 76.1 Å². The van der Waals surface area contributed by atoms with Gasteiger partial charge in [-0.2, -0.15) is 0 Å². The van der Waals surface area contributed by atoms with Crippen molar-refractivity contribution in [3.63, 3.8) is 0 Å². The lowest BCUT2D eigenvalue weighted by molar-refractivity contribution is -0.155. The Labute approximate surface area is 197 Å². The number of nitrogens with one attached hydrogen (secondary N) is 1. The standard InChI is InChI=1S/C22H32N4O6S/c1-12(2)17(25-20(29)14(23)8-13-6-4-3-5-7-13)22(30)31-10-15-18(27)19(28)21(32-15)26-9-16(24)33-11-26/h3-7,9,12,14-15,17-19,21,27-28H,8,10-11,23-24H2,1-2H3,(H,25,29)/t14-,15+,17-,18+,19+,21+/m0/s1. The molecule has 3 rings (SSSR count). The second kappa shape index (κ2) is 11.2. The largest absolute Gasteiger partial charge is 0.461 e. The highest BCUT2D eigenvalue weighted by molar-refractivity contribution is 8.03. The number of ether oxygens (including phenoxy) is 2. The number of benzene rings is 1. The zero-order valence-electron chi connectivity index (χ0n) is 18.7. The molecular formula is C22H32N4O6S. The van der Waals surface area contributed by atoms with E-state index in [4.69, 9.17) is 20.9 Å². The fourth-order valence-electron chi connectivity index (χ4n) is 3.65. The second-order valence-electron chi connectivity index (χ2n) is 8.52. The number of hydrogen-bond acceptors (Lipinski definition) is 10. The minimum atomic E-state index is -1.24. The van der Waals surface area contributed by atoms with E-state index in [1.165, 1.54) is 11.8 Å². The van der Waals surface area contributed by atoms with Gasteiger partial charge in [-0.05, 0) is 17.9 Å². The Kier molecular flexibility index (Phi) is 8.60. The Bertz CT molecular complexity index is 855. The van der Waals surface area contributed by atoms with Gasteiger partial charge in [0.1, 0.15) is 31.0 Å². The highest BCUT2D eigenvalue weighted by Gasteiger charge is 2.46. The van der Waals surface area contributed by atoms with E-state index in [0.717, 1.165) is 5.56 Å². The Hall–Kier alpha value is -2.31. The predicted molar refractivity (Wildman–Crippen MR) is 123 cm³/mol. The average molecular weight is 481 g/mol. The van der Waals surface area contributed by atoms with Crippen molar-refractivity contribution >= 4 is 23.6 Å². The van der Waals surface area contributed by atoms with Crippen molar-refractivity contribution in [2.24, 2.45) is 17.4 Å². The summed E-state index contributed by atoms with van der Waals surface area (Å²) in [5, 5.41) is 23.9. The summed E-state index contributed by atoms with van der Waals surface area (Å²) in [7, 11) is 0. The number of aliphatic hydroxyl groups is 2. The second-order valence-corrected chi connectivity index (χ2v) is 9.54. The Balaban J connectivity index is 1.53. The first kappa shape index (κ1) is 25.3. The zero-order chi connectivity index (χ0) is 24.1. The number of nitrogens with zero attached hydrogens (tertiary/aromatic N) is 1. The van der Waals surface area contributed by atoms with Gasteiger partial charge < -0.3 is 41.4 Å². The summed E-state index contributed by atoms with van der Waals surface area (Å²) in [4.78, 5) is 27.0. The van der Waals surface area contributed by atoms with Gasteiger partial charge in [0.05, 0.1) is 16.9 Å². The van der Waals surface area contributed by atoms with E-state index in [-0.39, 0.29) is 12.5 Å². The Morgan fingerprint density at radius 2 is 1.97 bits per heavy atom. The molecule has 1 saturated heterocycles. The van der Waals surface area contributed by atoms with Gasteiger partial charge in [-0.1, -0.05) is 55.9 Å². The van der Waals surface area contributed by atoms with Crippen molar-refractivity contribution in [1.82, 2.24) is 10.2 Å². The number of esters is 1. The van der Waals surface area contributed by atoms with Gasteiger partial charge in [-0.15, -0.1) is 0 Å². The number of amides is 1. The smallest absolute Gasteiger partial charge is 0.328 e. The third-order valence-corrected chi connectivity index (χ3v) is 6.45. The van der Waals surface area contributed by atoms with Crippen molar-refractivity contribution in [1.29, 1.82) is 0 Å². The molecule has 0 radical (unpaired) electrons. The molecule has 0 aromatic heterocycles. The van der Waals surface area contributed by atoms with Crippen LogP contribution in [0.3, 0.4) is 0 Å². The molecule has 1 aromatic carbocycles. The quantitative estimate of drug-likeness (QED) is 0.290. The molecule has 1 fully saturated rings. The fourth-order valence-corrected chi connectivity index (χ4v) is 4.38. The monoisotopic (exact) mass is 480 g/mol. The van der Waals surface area contributed by atoms with Gasteiger partial charge in [-0.25, -0.2) is 4.79 Å². The van der Waals surface area contributed by atoms with Crippen molar-refractivity contribution in [3.8, 4) is 0 Å². The fraction of sp³-hybridized carbons (Fsp3) is 0.545. The van der Waals surface area contributed by atoms with Crippen LogP contribution in [0.5, 0.6) is 0 Å². The molecular weight excluding hydrogens is 448 g/mol. The van der Waals surface area contributed by atoms with Crippen LogP contribution in [0, 0.1) is 5.92 Å². The topological polar surface area (TPSA) is 160 Å². The third-order valence-electron chi connectivity index (χ3n) is 5.58. The van der Waals surface area contributed by atoms with Crippen molar-refractivity contribution in [2.45, 2.75) is 56.9 Å². The van der Waals surface area contributed by atoms with E-state index in [0.29, 0.717) is 17.3 Å². The highest BCUT2D eigenvalue weighted by atomic mass is 32.2. The molecule has 182 valence electrons. The molecule has 0 spiro atoms. The maximum atomic E-state index is 12.7. The molecule has 33 heavy (non-hydrogen) atoms. The molecule has 0 bridgehead atoms. The average Bonchev–Trinajstić information content (AvgIpc) is 3.33. The molecule has 2 heterocycles. The van der Waals surface area contributed by atoms with Crippen LogP contribution in [0.15, 0.2) is 41.6 Å². The summed E-state index contributed by atoms with van der Waals surface area (Å²) >= 11 is 1.39. The zero-order valence-corrected chi connectivity index (χ0v) is 19.5. The number of carbonyl (C=O) groups is 2. The van der Waals surface area contributed by atoms with Crippen LogP contribution in [0.4, 0.5) is 0 Å². The Morgan fingerprint density at radius 3 is 2.58 bits per heavy atom. The number of nitrogens with two attached hydrogens (primary N) is 2. The minimum Gasteiger partial charge on any atom is -0.461 e. The number of carbonyl (C=O) groups excluding carboxylic acids is 2. The van der Waals surface area contributed by atoms with Gasteiger partial charge in [0.25, 0.3) is 0 Å². The first-order valence-corrected chi connectivity index (χ1v) is 11.8. The Morgan fingerprint density at radius 1 is 1.27 bits per heavy atom. The van der Waals surface area contributed by atoms with E-state index in [1.54, 1.807) is 24.9 Å².